The molecule has 0 fully saturated rings. The molecule has 0 aliphatic rings. The molecule has 0 aliphatic heterocycles. The molecule has 3 N–H and O–H groups in total. The molecular weight excluding hydrogens is 295 g/mol. The van der Waals surface area contributed by atoms with E-state index in [1.165, 1.54) is 6.07 Å². The Labute approximate surface area is 137 Å². The van der Waals surface area contributed by atoms with Crippen LogP contribution in [0.15, 0.2) is 23.2 Å². The molecule has 6 heteroatoms. The van der Waals surface area contributed by atoms with Crippen LogP contribution in [0.4, 0.5) is 4.39 Å². The van der Waals surface area contributed by atoms with Crippen LogP contribution in [0.25, 0.3) is 0 Å². The largest absolute Gasteiger partial charge is 0.357 e. The number of rotatable bonds is 8. The van der Waals surface area contributed by atoms with Gasteiger partial charge in [-0.3, -0.25) is 9.79 Å². The van der Waals surface area contributed by atoms with Crippen LogP contribution >= 0.6 is 0 Å². The van der Waals surface area contributed by atoms with Crippen LogP contribution in [0.5, 0.6) is 0 Å². The number of halogens is 1. The van der Waals surface area contributed by atoms with Gasteiger partial charge in [0.25, 0.3) is 5.91 Å². The van der Waals surface area contributed by atoms with E-state index in [0.29, 0.717) is 24.2 Å². The summed E-state index contributed by atoms with van der Waals surface area (Å²) < 4.78 is 13.4. The number of nitrogens with one attached hydrogen (secondary N) is 3. The van der Waals surface area contributed by atoms with Crippen molar-refractivity contribution < 1.29 is 9.18 Å². The van der Waals surface area contributed by atoms with E-state index in [0.717, 1.165) is 31.9 Å². The smallest absolute Gasteiger partial charge is 0.251 e. The minimum Gasteiger partial charge on any atom is -0.357 e. The highest BCUT2D eigenvalue weighted by Gasteiger charge is 2.07. The van der Waals surface area contributed by atoms with E-state index in [2.05, 4.69) is 27.9 Å². The topological polar surface area (TPSA) is 65.5 Å². The van der Waals surface area contributed by atoms with Gasteiger partial charge < -0.3 is 16.0 Å². The van der Waals surface area contributed by atoms with Gasteiger partial charge in [-0.25, -0.2) is 4.39 Å². The molecule has 1 rings (SSSR count). The van der Waals surface area contributed by atoms with Crippen molar-refractivity contribution in [1.29, 1.82) is 0 Å². The quantitative estimate of drug-likeness (QED) is 0.391. The van der Waals surface area contributed by atoms with Crippen LogP contribution in [0.1, 0.15) is 42.6 Å². The van der Waals surface area contributed by atoms with E-state index in [1.54, 1.807) is 19.1 Å². The lowest BCUT2D eigenvalue weighted by Gasteiger charge is -2.12. The van der Waals surface area contributed by atoms with Crippen LogP contribution in [0.3, 0.4) is 0 Å². The second kappa shape index (κ2) is 10.6. The Kier molecular flexibility index (Phi) is 8.72. The van der Waals surface area contributed by atoms with Crippen molar-refractivity contribution in [1.82, 2.24) is 16.0 Å². The average Bonchev–Trinajstić information content (AvgIpc) is 2.54. The third-order valence-corrected chi connectivity index (χ3v) is 3.26. The maximum atomic E-state index is 13.4. The Hall–Kier alpha value is -2.11. The van der Waals surface area contributed by atoms with Gasteiger partial charge in [-0.05, 0) is 38.0 Å². The minimum absolute atomic E-state index is 0.279. The molecule has 23 heavy (non-hydrogen) atoms. The van der Waals surface area contributed by atoms with Gasteiger partial charge >= 0.3 is 0 Å². The van der Waals surface area contributed by atoms with E-state index in [9.17, 15) is 9.18 Å². The summed E-state index contributed by atoms with van der Waals surface area (Å²) in [5.41, 5.74) is 0.860. The highest BCUT2D eigenvalue weighted by molar-refractivity contribution is 5.94. The third-order valence-electron chi connectivity index (χ3n) is 3.26. The molecule has 0 saturated carbocycles. The molecule has 0 radical (unpaired) electrons. The van der Waals surface area contributed by atoms with Crippen molar-refractivity contribution in [2.24, 2.45) is 4.99 Å². The van der Waals surface area contributed by atoms with Crippen LogP contribution in [-0.2, 0) is 0 Å². The maximum Gasteiger partial charge on any atom is 0.251 e. The first-order valence-electron chi connectivity index (χ1n) is 8.15. The molecule has 1 aromatic rings. The van der Waals surface area contributed by atoms with E-state index >= 15 is 0 Å². The number of hydrogen-bond donors (Lipinski definition) is 3. The number of unbranched alkanes of at least 4 members (excludes halogenated alkanes) is 1. The second-order valence-corrected chi connectivity index (χ2v) is 5.26. The van der Waals surface area contributed by atoms with Crippen molar-refractivity contribution in [2.75, 3.05) is 26.2 Å². The summed E-state index contributed by atoms with van der Waals surface area (Å²) in [6.45, 7) is 8.35. The summed E-state index contributed by atoms with van der Waals surface area (Å²) in [4.78, 5) is 16.4. The average molecular weight is 322 g/mol. The van der Waals surface area contributed by atoms with Gasteiger partial charge in [0.2, 0.25) is 0 Å². The fraction of sp³-hybridized carbons (Fsp3) is 0.529. The molecule has 0 bridgehead atoms. The summed E-state index contributed by atoms with van der Waals surface area (Å²) in [6.07, 6.45) is 2.15. The first kappa shape index (κ1) is 18.9. The maximum absolute atomic E-state index is 13.4. The number of hydrogen-bond acceptors (Lipinski definition) is 2. The Bertz CT molecular complexity index is 531. The predicted molar refractivity (Wildman–Crippen MR) is 92.4 cm³/mol. The molecule has 0 aliphatic carbocycles. The second-order valence-electron chi connectivity index (χ2n) is 5.26. The van der Waals surface area contributed by atoms with Gasteiger partial charge in [0, 0.05) is 31.7 Å². The molecule has 0 aromatic heterocycles. The molecular formula is C17H27FN4O. The van der Waals surface area contributed by atoms with Crippen LogP contribution < -0.4 is 16.0 Å². The summed E-state index contributed by atoms with van der Waals surface area (Å²) in [6, 6.07) is 4.48. The molecule has 1 amide bonds. The first-order chi connectivity index (χ1) is 11.1. The Morgan fingerprint density at radius 1 is 1.17 bits per heavy atom. The number of nitrogens with zero attached hydrogens (tertiary/aromatic N) is 1. The molecule has 0 atom stereocenters. The standard InChI is InChI=1S/C17H27FN4O/c1-4-6-9-21-17(19-5-2)22-11-10-20-16(23)14-8-7-13(3)15(18)12-14/h7-8,12H,4-6,9-11H2,1-3H3,(H,20,23)(H2,19,21,22). The molecule has 128 valence electrons. The third kappa shape index (κ3) is 7.13. The van der Waals surface area contributed by atoms with Gasteiger partial charge in [0.05, 0.1) is 0 Å². The van der Waals surface area contributed by atoms with E-state index < -0.39 is 0 Å². The molecule has 0 unspecified atom stereocenters. The van der Waals surface area contributed by atoms with E-state index in [4.69, 9.17) is 0 Å². The lowest BCUT2D eigenvalue weighted by Crippen LogP contribution is -2.41. The summed E-state index contributed by atoms with van der Waals surface area (Å²) >= 11 is 0. The zero-order valence-electron chi connectivity index (χ0n) is 14.2. The summed E-state index contributed by atoms with van der Waals surface area (Å²) in [5.74, 6) is 0.100. The molecule has 1 aromatic carbocycles. The molecule has 0 heterocycles. The van der Waals surface area contributed by atoms with Gasteiger partial charge in [0.15, 0.2) is 5.96 Å². The fourth-order valence-electron chi connectivity index (χ4n) is 1.88. The highest BCUT2D eigenvalue weighted by Crippen LogP contribution is 2.08. The fourth-order valence-corrected chi connectivity index (χ4v) is 1.88. The van der Waals surface area contributed by atoms with Crippen molar-refractivity contribution in [3.63, 3.8) is 0 Å². The molecule has 5 nitrogen and oxygen atoms in total. The lowest BCUT2D eigenvalue weighted by molar-refractivity contribution is 0.0954. The predicted octanol–water partition coefficient (Wildman–Crippen LogP) is 2.22. The molecule has 0 saturated heterocycles. The summed E-state index contributed by atoms with van der Waals surface area (Å²) in [7, 11) is 0. The van der Waals surface area contributed by atoms with Crippen LogP contribution in [-0.4, -0.2) is 38.0 Å². The number of aryl methyl sites for hydroxylation is 1. The lowest BCUT2D eigenvalue weighted by atomic mass is 10.1. The van der Waals surface area contributed by atoms with Crippen molar-refractivity contribution >= 4 is 11.9 Å². The van der Waals surface area contributed by atoms with Gasteiger partial charge in [0.1, 0.15) is 5.82 Å². The van der Waals surface area contributed by atoms with E-state index in [-0.39, 0.29) is 11.7 Å². The van der Waals surface area contributed by atoms with Crippen molar-refractivity contribution in [3.8, 4) is 0 Å². The van der Waals surface area contributed by atoms with Crippen LogP contribution in [0, 0.1) is 12.7 Å². The van der Waals surface area contributed by atoms with Crippen molar-refractivity contribution in [3.05, 3.63) is 35.1 Å². The van der Waals surface area contributed by atoms with Crippen LogP contribution in [0.2, 0.25) is 0 Å². The number of amides is 1. The monoisotopic (exact) mass is 322 g/mol. The number of benzene rings is 1. The van der Waals surface area contributed by atoms with Crippen molar-refractivity contribution in [2.45, 2.75) is 33.6 Å². The highest BCUT2D eigenvalue weighted by atomic mass is 19.1. The zero-order valence-corrected chi connectivity index (χ0v) is 14.2. The number of carbonyl (C=O) groups excluding carboxylic acids is 1. The Morgan fingerprint density at radius 3 is 2.57 bits per heavy atom. The number of guanidine groups is 1. The first-order valence-corrected chi connectivity index (χ1v) is 8.15. The number of carbonyl (C=O) groups is 1. The SMILES string of the molecule is CCCCN=C(NCC)NCCNC(=O)c1ccc(C)c(F)c1. The van der Waals surface area contributed by atoms with Gasteiger partial charge in [-0.1, -0.05) is 19.4 Å². The Morgan fingerprint density at radius 2 is 1.91 bits per heavy atom. The normalized spacial score (nSPS) is 11.2. The summed E-state index contributed by atoms with van der Waals surface area (Å²) in [5, 5.41) is 9.07. The minimum atomic E-state index is -0.367. The van der Waals surface area contributed by atoms with Gasteiger partial charge in [-0.2, -0.15) is 0 Å². The number of aliphatic imine (C=N–C) groups is 1. The Balaban J connectivity index is 2.38. The molecule has 0 spiro atoms. The zero-order chi connectivity index (χ0) is 17.1. The van der Waals surface area contributed by atoms with Gasteiger partial charge in [-0.15, -0.1) is 0 Å². The van der Waals surface area contributed by atoms with E-state index in [1.807, 2.05) is 6.92 Å².